The third kappa shape index (κ3) is 5.57. The molecule has 0 fully saturated rings. The van der Waals surface area contributed by atoms with Gasteiger partial charge < -0.3 is 9.05 Å². The van der Waals surface area contributed by atoms with Gasteiger partial charge in [0.15, 0.2) is 0 Å². The molecule has 0 saturated carbocycles. The molecule has 25 heavy (non-hydrogen) atoms. The lowest BCUT2D eigenvalue weighted by atomic mass is 10.2. The molecule has 0 amide bonds. The van der Waals surface area contributed by atoms with Gasteiger partial charge in [-0.3, -0.25) is 0 Å². The smallest absolute Gasteiger partial charge is 0.405 e. The van der Waals surface area contributed by atoms with E-state index in [2.05, 4.69) is 9.05 Å². The van der Waals surface area contributed by atoms with E-state index >= 15 is 0 Å². The summed E-state index contributed by atoms with van der Waals surface area (Å²) in [5.74, 6) is -1.03. The molecule has 0 spiro atoms. The highest BCUT2D eigenvalue weighted by molar-refractivity contribution is 7.82. The van der Waals surface area contributed by atoms with Crippen molar-refractivity contribution in [3.8, 4) is 11.5 Å². The van der Waals surface area contributed by atoms with Crippen LogP contribution >= 0.6 is 18.2 Å². The maximum atomic E-state index is 12.6. The van der Waals surface area contributed by atoms with Gasteiger partial charge in [0.2, 0.25) is 0 Å². The summed E-state index contributed by atoms with van der Waals surface area (Å²) in [6, 6.07) is 6.62. The molecule has 136 valence electrons. The van der Waals surface area contributed by atoms with Gasteiger partial charge in [-0.2, -0.15) is 26.3 Å². The average Bonchev–Trinajstić information content (AvgIpc) is 2.45. The molecule has 0 aliphatic carbocycles. The van der Waals surface area contributed by atoms with Crippen LogP contribution in [0.25, 0.3) is 0 Å². The van der Waals surface area contributed by atoms with E-state index < -0.39 is 41.9 Å². The van der Waals surface area contributed by atoms with Crippen molar-refractivity contribution in [2.45, 2.75) is 12.4 Å². The van der Waals surface area contributed by atoms with Crippen molar-refractivity contribution in [1.82, 2.24) is 0 Å². The van der Waals surface area contributed by atoms with E-state index in [4.69, 9.17) is 11.2 Å². The molecular weight excluding hydrogens is 397 g/mol. The summed E-state index contributed by atoms with van der Waals surface area (Å²) in [5.41, 5.74) is -2.17. The van der Waals surface area contributed by atoms with E-state index in [9.17, 15) is 30.9 Å². The molecule has 2 aromatic carbocycles. The van der Waals surface area contributed by atoms with Crippen LogP contribution in [0, 0.1) is 0 Å². The summed E-state index contributed by atoms with van der Waals surface area (Å²) in [4.78, 5) is 0. The first kappa shape index (κ1) is 19.5. The monoisotopic (exact) mass is 404 g/mol. The van der Waals surface area contributed by atoms with Gasteiger partial charge in [-0.1, -0.05) is 12.1 Å². The lowest BCUT2D eigenvalue weighted by Crippen LogP contribution is -2.06. The van der Waals surface area contributed by atoms with Crippen LogP contribution in [-0.4, -0.2) is 0 Å². The maximum Gasteiger partial charge on any atom is 0.530 e. The number of hydrogen-bond acceptors (Lipinski definition) is 3. The minimum atomic E-state index is -4.67. The molecule has 0 aliphatic heterocycles. The Hall–Kier alpha value is -1.86. The fourth-order valence-electron chi connectivity index (χ4n) is 1.73. The Bertz CT molecular complexity index is 742. The Morgan fingerprint density at radius 1 is 0.760 bits per heavy atom. The van der Waals surface area contributed by atoms with Crippen molar-refractivity contribution in [1.29, 1.82) is 0 Å². The summed E-state index contributed by atoms with van der Waals surface area (Å²) in [5, 5.41) is 0. The zero-order valence-corrected chi connectivity index (χ0v) is 13.6. The van der Waals surface area contributed by atoms with Crippen LogP contribution in [-0.2, 0) is 16.9 Å². The molecule has 0 saturated heterocycles. The largest absolute Gasteiger partial charge is 0.530 e. The maximum absolute atomic E-state index is 12.6. The summed E-state index contributed by atoms with van der Waals surface area (Å²) in [6.07, 6.45) is -9.34. The van der Waals surface area contributed by atoms with Crippen molar-refractivity contribution in [3.63, 3.8) is 0 Å². The Labute approximate surface area is 142 Å². The molecule has 0 N–H and O–H groups in total. The fraction of sp³-hybridized carbons (Fsp3) is 0.143. The second-order valence-electron chi connectivity index (χ2n) is 4.66. The van der Waals surface area contributed by atoms with Gasteiger partial charge in [0.25, 0.3) is 0 Å². The normalized spacial score (nSPS) is 12.8. The van der Waals surface area contributed by atoms with E-state index in [-0.39, 0.29) is 0 Å². The van der Waals surface area contributed by atoms with Gasteiger partial charge in [0, 0.05) is 11.2 Å². The quantitative estimate of drug-likeness (QED) is 0.429. The van der Waals surface area contributed by atoms with E-state index in [0.717, 1.165) is 36.4 Å². The van der Waals surface area contributed by atoms with Gasteiger partial charge in [-0.05, 0) is 36.4 Å². The predicted octanol–water partition coefficient (Wildman–Crippen LogP) is 6.53. The molecule has 0 unspecified atom stereocenters. The van der Waals surface area contributed by atoms with Crippen molar-refractivity contribution in [2.75, 3.05) is 0 Å². The van der Waals surface area contributed by atoms with Crippen molar-refractivity contribution in [2.24, 2.45) is 0 Å². The first-order valence-corrected chi connectivity index (χ1v) is 8.85. The zero-order valence-electron chi connectivity index (χ0n) is 11.9. The number of hydrogen-bond donors (Lipinski definition) is 0. The van der Waals surface area contributed by atoms with E-state index in [1.807, 2.05) is 0 Å². The first-order chi connectivity index (χ1) is 11.4. The van der Waals surface area contributed by atoms with Crippen LogP contribution in [0.5, 0.6) is 11.5 Å². The van der Waals surface area contributed by atoms with E-state index in [1.165, 1.54) is 0 Å². The lowest BCUT2D eigenvalue weighted by Gasteiger charge is -2.16. The molecule has 0 aromatic heterocycles. The highest BCUT2D eigenvalue weighted by atomic mass is 35.7. The molecule has 3 nitrogen and oxygen atoms in total. The van der Waals surface area contributed by atoms with Gasteiger partial charge in [0.1, 0.15) is 11.5 Å². The predicted molar refractivity (Wildman–Crippen MR) is 77.6 cm³/mol. The molecule has 0 atom stereocenters. The molecule has 11 heteroatoms. The molecule has 2 aromatic rings. The summed E-state index contributed by atoms with van der Waals surface area (Å²) in [7, 11) is 0. The third-order valence-corrected chi connectivity index (χ3v) is 4.02. The topological polar surface area (TPSA) is 35.5 Å². The Morgan fingerprint density at radius 2 is 1.12 bits per heavy atom. The van der Waals surface area contributed by atoms with E-state index in [1.54, 1.807) is 0 Å². The standard InChI is InChI=1S/C14H8ClF6O3P/c15-25(22,23-11-5-1-3-9(7-11)13(16,17)18)24-12-6-2-4-10(8-12)14(19,20)21/h1-8H. The van der Waals surface area contributed by atoms with E-state index in [0.29, 0.717) is 12.1 Å². The van der Waals surface area contributed by atoms with Crippen molar-refractivity contribution >= 4 is 18.2 Å². The highest BCUT2D eigenvalue weighted by Gasteiger charge is 2.33. The molecular formula is C14H8ClF6O3P. The molecule has 0 bridgehead atoms. The first-order valence-electron chi connectivity index (χ1n) is 6.40. The van der Waals surface area contributed by atoms with Gasteiger partial charge in [-0.15, -0.1) is 0 Å². The van der Waals surface area contributed by atoms with Crippen LogP contribution in [0.3, 0.4) is 0 Å². The molecule has 0 aliphatic rings. The Morgan fingerprint density at radius 3 is 1.44 bits per heavy atom. The molecule has 0 radical (unpaired) electrons. The summed E-state index contributed by atoms with van der Waals surface area (Å²) >= 11 is 5.49. The van der Waals surface area contributed by atoms with Crippen LogP contribution < -0.4 is 9.05 Å². The van der Waals surface area contributed by atoms with Gasteiger partial charge in [0.05, 0.1) is 11.1 Å². The summed E-state index contributed by atoms with van der Waals surface area (Å²) < 4.78 is 97.1. The van der Waals surface area contributed by atoms with Crippen LogP contribution in [0.4, 0.5) is 26.3 Å². The number of halogens is 7. The average molecular weight is 405 g/mol. The van der Waals surface area contributed by atoms with Crippen molar-refractivity contribution in [3.05, 3.63) is 59.7 Å². The minimum absolute atomic E-state index is 0.514. The molecule has 2 rings (SSSR count). The van der Waals surface area contributed by atoms with Crippen LogP contribution in [0.15, 0.2) is 48.5 Å². The summed E-state index contributed by atoms with van der Waals surface area (Å²) in [6.45, 7) is -4.54. The zero-order chi connectivity index (χ0) is 18.9. The Kier molecular flexibility index (Phi) is 5.30. The van der Waals surface area contributed by atoms with Crippen LogP contribution in [0.2, 0.25) is 0 Å². The third-order valence-electron chi connectivity index (χ3n) is 2.75. The number of alkyl halides is 6. The SMILES string of the molecule is O=P(Cl)(Oc1cccc(C(F)(F)F)c1)Oc1cccc(C(F)(F)F)c1. The highest BCUT2D eigenvalue weighted by Crippen LogP contribution is 2.53. The lowest BCUT2D eigenvalue weighted by molar-refractivity contribution is -0.138. The molecule has 0 heterocycles. The fourth-order valence-corrected chi connectivity index (χ4v) is 2.97. The Balaban J connectivity index is 2.19. The van der Waals surface area contributed by atoms with Gasteiger partial charge >= 0.3 is 19.3 Å². The van der Waals surface area contributed by atoms with Crippen LogP contribution in [0.1, 0.15) is 11.1 Å². The second kappa shape index (κ2) is 6.80. The minimum Gasteiger partial charge on any atom is -0.405 e. The number of rotatable bonds is 4. The van der Waals surface area contributed by atoms with Crippen molar-refractivity contribution < 1.29 is 40.0 Å². The second-order valence-corrected chi connectivity index (χ2v) is 7.13. The van der Waals surface area contributed by atoms with Gasteiger partial charge in [-0.25, -0.2) is 4.57 Å². The number of benzene rings is 2.